The summed E-state index contributed by atoms with van der Waals surface area (Å²) in [4.78, 5) is 0. The Labute approximate surface area is 186 Å². The minimum absolute atomic E-state index is 0.628. The summed E-state index contributed by atoms with van der Waals surface area (Å²) < 4.78 is 17.9. The number of rotatable bonds is 12. The predicted molar refractivity (Wildman–Crippen MR) is 132 cm³/mol. The molecule has 0 radical (unpaired) electrons. The second kappa shape index (κ2) is 10.1. The maximum absolute atomic E-state index is 5.95. The van der Waals surface area contributed by atoms with Crippen molar-refractivity contribution in [2.24, 2.45) is 0 Å². The molecule has 0 aliphatic carbocycles. The highest BCUT2D eigenvalue weighted by atomic mass is 28.4. The molecular formula is C26H33NO3Si. The van der Waals surface area contributed by atoms with Gasteiger partial charge in [-0.25, -0.2) is 0 Å². The summed E-state index contributed by atoms with van der Waals surface area (Å²) in [6.45, 7) is 9.66. The van der Waals surface area contributed by atoms with Crippen LogP contribution in [-0.2, 0) is 19.8 Å². The standard InChI is InChI=1S/C26H33NO3Si/c1-4-28-31(29-5-2,30-6-3)16-8-15-27-19-20-17-23-13-11-21-9-7-10-22-12-14-24(18-20)26(23)25(21)22/h7,9-14,17-18,27H,4-6,8,15-16,19H2,1-3H3. The Bertz CT molecular complexity index is 1050. The van der Waals surface area contributed by atoms with Crippen LogP contribution in [0, 0.1) is 0 Å². The number of nitrogens with one attached hydrogen (secondary N) is 1. The van der Waals surface area contributed by atoms with Gasteiger partial charge in [-0.1, -0.05) is 42.5 Å². The van der Waals surface area contributed by atoms with Crippen LogP contribution in [0.15, 0.2) is 54.6 Å². The smallest absolute Gasteiger partial charge is 0.374 e. The molecule has 164 valence electrons. The van der Waals surface area contributed by atoms with Gasteiger partial charge in [-0.2, -0.15) is 0 Å². The highest BCUT2D eigenvalue weighted by Gasteiger charge is 2.39. The molecule has 31 heavy (non-hydrogen) atoms. The van der Waals surface area contributed by atoms with E-state index >= 15 is 0 Å². The fourth-order valence-electron chi connectivity index (χ4n) is 4.58. The van der Waals surface area contributed by atoms with E-state index < -0.39 is 8.80 Å². The van der Waals surface area contributed by atoms with Crippen molar-refractivity contribution in [2.45, 2.75) is 39.8 Å². The van der Waals surface area contributed by atoms with Crippen LogP contribution in [0.1, 0.15) is 32.8 Å². The van der Waals surface area contributed by atoms with Crippen LogP contribution in [0.4, 0.5) is 0 Å². The van der Waals surface area contributed by atoms with Crippen LogP contribution in [-0.4, -0.2) is 35.2 Å². The zero-order valence-corrected chi connectivity index (χ0v) is 19.9. The van der Waals surface area contributed by atoms with E-state index in [-0.39, 0.29) is 0 Å². The monoisotopic (exact) mass is 435 g/mol. The van der Waals surface area contributed by atoms with Gasteiger partial charge in [-0.3, -0.25) is 0 Å². The lowest BCUT2D eigenvalue weighted by Crippen LogP contribution is -2.46. The molecule has 4 rings (SSSR count). The summed E-state index contributed by atoms with van der Waals surface area (Å²) in [6, 6.07) is 21.0. The molecule has 0 spiro atoms. The first-order valence-corrected chi connectivity index (χ1v) is 13.4. The van der Waals surface area contributed by atoms with Gasteiger partial charge in [0.25, 0.3) is 0 Å². The SMILES string of the molecule is CCO[Si](CCCNCc1cc2ccc3cccc4ccc(c1)c2c34)(OCC)OCC. The van der Waals surface area contributed by atoms with Crippen molar-refractivity contribution in [1.82, 2.24) is 5.32 Å². The molecule has 1 N–H and O–H groups in total. The lowest BCUT2D eigenvalue weighted by molar-refractivity contribution is 0.0708. The summed E-state index contributed by atoms with van der Waals surface area (Å²) in [6.07, 6.45) is 0.973. The maximum atomic E-state index is 5.95. The van der Waals surface area contributed by atoms with Crippen LogP contribution in [0.5, 0.6) is 0 Å². The molecule has 0 aliphatic heterocycles. The van der Waals surface area contributed by atoms with Gasteiger partial charge in [-0.15, -0.1) is 0 Å². The van der Waals surface area contributed by atoms with E-state index in [0.29, 0.717) is 19.8 Å². The lowest BCUT2D eigenvalue weighted by Gasteiger charge is -2.28. The van der Waals surface area contributed by atoms with Crippen molar-refractivity contribution < 1.29 is 13.3 Å². The summed E-state index contributed by atoms with van der Waals surface area (Å²) in [5.74, 6) is 0. The highest BCUT2D eigenvalue weighted by Crippen LogP contribution is 2.35. The minimum atomic E-state index is -2.54. The van der Waals surface area contributed by atoms with E-state index in [1.165, 1.54) is 37.9 Å². The Balaban J connectivity index is 1.42. The zero-order valence-electron chi connectivity index (χ0n) is 18.9. The highest BCUT2D eigenvalue weighted by molar-refractivity contribution is 6.60. The quantitative estimate of drug-likeness (QED) is 0.165. The molecule has 0 heterocycles. The van der Waals surface area contributed by atoms with Crippen LogP contribution >= 0.6 is 0 Å². The van der Waals surface area contributed by atoms with E-state index in [2.05, 4.69) is 59.9 Å². The Morgan fingerprint density at radius 2 is 1.23 bits per heavy atom. The molecule has 0 saturated heterocycles. The summed E-state index contributed by atoms with van der Waals surface area (Å²) in [7, 11) is -2.54. The van der Waals surface area contributed by atoms with Gasteiger partial charge in [0.2, 0.25) is 0 Å². The van der Waals surface area contributed by atoms with E-state index in [1.54, 1.807) is 0 Å². The molecule has 0 aliphatic rings. The third-order valence-electron chi connectivity index (χ3n) is 5.78. The number of hydrogen-bond donors (Lipinski definition) is 1. The second-order valence-electron chi connectivity index (χ2n) is 7.89. The molecule has 0 aromatic heterocycles. The van der Waals surface area contributed by atoms with E-state index in [0.717, 1.165) is 25.6 Å². The summed E-state index contributed by atoms with van der Waals surface area (Å²) in [5, 5.41) is 11.6. The number of hydrogen-bond acceptors (Lipinski definition) is 4. The molecular weight excluding hydrogens is 402 g/mol. The van der Waals surface area contributed by atoms with Crippen molar-refractivity contribution in [3.05, 3.63) is 60.2 Å². The first-order valence-electron chi connectivity index (χ1n) is 11.5. The molecule has 4 aromatic carbocycles. The van der Waals surface area contributed by atoms with Crippen molar-refractivity contribution >= 4 is 41.1 Å². The molecule has 0 bridgehead atoms. The van der Waals surface area contributed by atoms with Crippen molar-refractivity contribution in [3.8, 4) is 0 Å². The molecule has 5 heteroatoms. The van der Waals surface area contributed by atoms with Crippen LogP contribution in [0.25, 0.3) is 32.3 Å². The van der Waals surface area contributed by atoms with Crippen LogP contribution < -0.4 is 5.32 Å². The number of benzene rings is 4. The van der Waals surface area contributed by atoms with Gasteiger partial charge >= 0.3 is 8.80 Å². The van der Waals surface area contributed by atoms with Gasteiger partial charge in [0.15, 0.2) is 0 Å². The van der Waals surface area contributed by atoms with Gasteiger partial charge in [0.1, 0.15) is 0 Å². The maximum Gasteiger partial charge on any atom is 0.500 e. The zero-order chi connectivity index (χ0) is 21.7. The molecule has 0 fully saturated rings. The first kappa shape index (κ1) is 22.2. The Kier molecular flexibility index (Phi) is 7.20. The Hall–Kier alpha value is -2.02. The van der Waals surface area contributed by atoms with Gasteiger partial charge in [0, 0.05) is 32.4 Å². The predicted octanol–water partition coefficient (Wildman–Crippen LogP) is 6.11. The Morgan fingerprint density at radius 3 is 1.77 bits per heavy atom. The molecule has 0 atom stereocenters. The van der Waals surface area contributed by atoms with E-state index in [1.807, 2.05) is 20.8 Å². The van der Waals surface area contributed by atoms with Gasteiger partial charge in [0.05, 0.1) is 0 Å². The van der Waals surface area contributed by atoms with Gasteiger partial charge < -0.3 is 18.6 Å². The second-order valence-corrected chi connectivity index (χ2v) is 10.6. The minimum Gasteiger partial charge on any atom is -0.374 e. The fraction of sp³-hybridized carbons (Fsp3) is 0.385. The van der Waals surface area contributed by atoms with E-state index in [4.69, 9.17) is 13.3 Å². The largest absolute Gasteiger partial charge is 0.500 e. The molecule has 4 nitrogen and oxygen atoms in total. The summed E-state index contributed by atoms with van der Waals surface area (Å²) in [5.41, 5.74) is 1.31. The lowest BCUT2D eigenvalue weighted by atomic mass is 9.93. The fourth-order valence-corrected chi connectivity index (χ4v) is 7.20. The topological polar surface area (TPSA) is 39.7 Å². The molecule has 0 amide bonds. The third kappa shape index (κ3) is 4.76. The van der Waals surface area contributed by atoms with E-state index in [9.17, 15) is 0 Å². The van der Waals surface area contributed by atoms with Crippen molar-refractivity contribution in [3.63, 3.8) is 0 Å². The average Bonchev–Trinajstić information content (AvgIpc) is 2.78. The molecule has 0 saturated carbocycles. The van der Waals surface area contributed by atoms with Crippen LogP contribution in [0.3, 0.4) is 0 Å². The first-order chi connectivity index (χ1) is 15.2. The van der Waals surface area contributed by atoms with Crippen molar-refractivity contribution in [1.29, 1.82) is 0 Å². The van der Waals surface area contributed by atoms with Crippen LogP contribution in [0.2, 0.25) is 6.04 Å². The molecule has 4 aromatic rings. The third-order valence-corrected chi connectivity index (χ3v) is 8.93. The Morgan fingerprint density at radius 1 is 0.710 bits per heavy atom. The van der Waals surface area contributed by atoms with Gasteiger partial charge in [-0.05, 0) is 83.8 Å². The van der Waals surface area contributed by atoms with Crippen molar-refractivity contribution in [2.75, 3.05) is 26.4 Å². The molecule has 0 unspecified atom stereocenters. The normalized spacial score (nSPS) is 12.5. The average molecular weight is 436 g/mol. The summed E-state index contributed by atoms with van der Waals surface area (Å²) >= 11 is 0.